The van der Waals surface area contributed by atoms with Gasteiger partial charge in [-0.2, -0.15) is 0 Å². The van der Waals surface area contributed by atoms with E-state index in [9.17, 15) is 8.78 Å². The molecule has 0 aliphatic heterocycles. The number of hydrogen-bond donors (Lipinski definition) is 2. The summed E-state index contributed by atoms with van der Waals surface area (Å²) in [6.45, 7) is 1.81. The van der Waals surface area contributed by atoms with Gasteiger partial charge in [-0.15, -0.1) is 5.69 Å². The Balaban J connectivity index is 0.000000289. The Morgan fingerprint density at radius 2 is 1.94 bits per heavy atom. The standard InChI is InChI=1S/C14H12F2N5.C7H9ClO.W/c1-6-19-13(18)10-8(5-21(2)14(10)20-6)7-3-4-9(17)12(16)11(7)15;8-7-3-1-2-6(4-7)5-9;/h3-5,17H,1-2H3,(H2,18,19,20);2,4,9H,1,3,5H2;/q-1;;. The van der Waals surface area contributed by atoms with Crippen LogP contribution >= 0.6 is 11.6 Å². The average molecular weight is 617 g/mol. The molecule has 164 valence electrons. The summed E-state index contributed by atoms with van der Waals surface area (Å²) < 4.78 is 29.4. The van der Waals surface area contributed by atoms with E-state index in [2.05, 4.69) is 9.97 Å². The quantitative estimate of drug-likeness (QED) is 0.408. The van der Waals surface area contributed by atoms with Gasteiger partial charge in [0.05, 0.1) is 12.0 Å². The van der Waals surface area contributed by atoms with Gasteiger partial charge in [-0.1, -0.05) is 29.8 Å². The summed E-state index contributed by atoms with van der Waals surface area (Å²) in [4.78, 5) is 8.34. The van der Waals surface area contributed by atoms with Gasteiger partial charge in [0.1, 0.15) is 23.1 Å². The molecule has 3 aromatic rings. The molecule has 31 heavy (non-hydrogen) atoms. The molecule has 1 aliphatic carbocycles. The summed E-state index contributed by atoms with van der Waals surface area (Å²) in [5.41, 5.74) is 14.6. The summed E-state index contributed by atoms with van der Waals surface area (Å²) in [6.07, 6.45) is 7.34. The minimum absolute atomic E-state index is 0. The SMILES string of the molecule is Cc1nc(N)c2c(-c3ccc([NH-])c(F)c3F)cn(C)c2n1.OCC1=CCCC(Cl)=C1.[W]. The zero-order chi connectivity index (χ0) is 22.0. The van der Waals surface area contributed by atoms with E-state index in [4.69, 9.17) is 28.2 Å². The largest absolute Gasteiger partial charge is 0.696 e. The van der Waals surface area contributed by atoms with Crippen molar-refractivity contribution in [3.8, 4) is 11.1 Å². The molecule has 0 bridgehead atoms. The molecule has 0 unspecified atom stereocenters. The molecule has 10 heteroatoms. The number of nitrogens with zero attached hydrogens (tertiary/aromatic N) is 3. The number of nitrogen functional groups attached to an aromatic ring is 1. The van der Waals surface area contributed by atoms with E-state index in [-0.39, 0.29) is 39.1 Å². The molecule has 2 heterocycles. The maximum atomic E-state index is 14.1. The van der Waals surface area contributed by atoms with Crippen LogP contribution < -0.4 is 5.73 Å². The molecule has 0 saturated heterocycles. The third-order valence-electron chi connectivity index (χ3n) is 4.64. The number of halogens is 3. The molecule has 1 aliphatic rings. The molecule has 0 fully saturated rings. The molecule has 4 N–H and O–H groups in total. The van der Waals surface area contributed by atoms with Crippen LogP contribution in [0.3, 0.4) is 0 Å². The Kier molecular flexibility index (Phi) is 8.34. The molecule has 0 saturated carbocycles. The minimum Gasteiger partial charge on any atom is -0.696 e. The summed E-state index contributed by atoms with van der Waals surface area (Å²) in [7, 11) is 1.74. The molecule has 0 spiro atoms. The average Bonchev–Trinajstić information content (AvgIpc) is 3.03. The fourth-order valence-electron chi connectivity index (χ4n) is 3.21. The Labute approximate surface area is 197 Å². The first kappa shape index (κ1) is 25.0. The van der Waals surface area contributed by atoms with Crippen molar-refractivity contribution in [2.75, 3.05) is 12.3 Å². The van der Waals surface area contributed by atoms with Crippen molar-refractivity contribution in [2.24, 2.45) is 7.05 Å². The number of aliphatic hydroxyl groups excluding tert-OH is 1. The van der Waals surface area contributed by atoms with Crippen molar-refractivity contribution in [2.45, 2.75) is 19.8 Å². The molecular weight excluding hydrogens is 596 g/mol. The predicted molar refractivity (Wildman–Crippen MR) is 115 cm³/mol. The number of aromatic nitrogens is 3. The van der Waals surface area contributed by atoms with Gasteiger partial charge in [-0.3, -0.25) is 0 Å². The first-order chi connectivity index (χ1) is 14.2. The van der Waals surface area contributed by atoms with E-state index in [1.807, 2.05) is 12.2 Å². The van der Waals surface area contributed by atoms with Crippen LogP contribution in [0.25, 0.3) is 27.9 Å². The van der Waals surface area contributed by atoms with Gasteiger partial charge < -0.3 is 21.1 Å². The van der Waals surface area contributed by atoms with Crippen molar-refractivity contribution in [1.29, 1.82) is 0 Å². The first-order valence-corrected chi connectivity index (χ1v) is 9.55. The maximum Gasteiger partial charge on any atom is 0.165 e. The second kappa shape index (κ2) is 10.4. The summed E-state index contributed by atoms with van der Waals surface area (Å²) in [5.74, 6) is -1.55. The van der Waals surface area contributed by atoms with Crippen LogP contribution in [-0.2, 0) is 28.1 Å². The van der Waals surface area contributed by atoms with Gasteiger partial charge in [0.15, 0.2) is 5.82 Å². The van der Waals surface area contributed by atoms with E-state index in [0.29, 0.717) is 22.4 Å². The number of aryl methyl sites for hydroxylation is 2. The Hall–Kier alpha value is -2.28. The number of allylic oxidation sites excluding steroid dienone is 2. The normalized spacial score (nSPS) is 13.1. The van der Waals surface area contributed by atoms with Gasteiger partial charge in [-0.25, -0.2) is 18.7 Å². The molecule has 0 atom stereocenters. The number of fused-ring (bicyclic) bond motifs is 1. The number of anilines is 1. The third-order valence-corrected chi connectivity index (χ3v) is 4.94. The van der Waals surface area contributed by atoms with Crippen LogP contribution in [0.1, 0.15) is 18.7 Å². The van der Waals surface area contributed by atoms with Crippen molar-refractivity contribution in [3.63, 3.8) is 0 Å². The molecular formula is C21H21ClF2N5OW-. The summed E-state index contributed by atoms with van der Waals surface area (Å²) in [6, 6.07) is 2.56. The fourth-order valence-corrected chi connectivity index (χ4v) is 3.46. The van der Waals surface area contributed by atoms with Crippen molar-refractivity contribution in [1.82, 2.24) is 14.5 Å². The van der Waals surface area contributed by atoms with E-state index in [1.165, 1.54) is 12.1 Å². The minimum atomic E-state index is -1.18. The van der Waals surface area contributed by atoms with Crippen LogP contribution in [0.5, 0.6) is 0 Å². The maximum absolute atomic E-state index is 14.1. The van der Waals surface area contributed by atoms with E-state index < -0.39 is 17.3 Å². The van der Waals surface area contributed by atoms with Crippen LogP contribution in [0.15, 0.2) is 41.1 Å². The van der Waals surface area contributed by atoms with Gasteiger partial charge in [-0.05, 0) is 31.4 Å². The van der Waals surface area contributed by atoms with E-state index in [1.54, 1.807) is 24.7 Å². The zero-order valence-corrected chi connectivity index (χ0v) is 20.6. The molecule has 0 amide bonds. The number of hydrogen-bond acceptors (Lipinski definition) is 4. The predicted octanol–water partition coefficient (Wildman–Crippen LogP) is 5.31. The van der Waals surface area contributed by atoms with E-state index in [0.717, 1.165) is 23.4 Å². The Bertz CT molecular complexity index is 1180. The van der Waals surface area contributed by atoms with Crippen LogP contribution in [0.4, 0.5) is 20.3 Å². The summed E-state index contributed by atoms with van der Waals surface area (Å²) >= 11 is 5.70. The second-order valence-electron chi connectivity index (χ2n) is 6.86. The number of benzene rings is 1. The van der Waals surface area contributed by atoms with Crippen LogP contribution in [0, 0.1) is 18.6 Å². The van der Waals surface area contributed by atoms with E-state index >= 15 is 0 Å². The fraction of sp³-hybridized carbons (Fsp3) is 0.238. The van der Waals surface area contributed by atoms with Crippen molar-refractivity contribution in [3.05, 3.63) is 64.3 Å². The Morgan fingerprint density at radius 1 is 1.23 bits per heavy atom. The first-order valence-electron chi connectivity index (χ1n) is 9.18. The van der Waals surface area contributed by atoms with Crippen LogP contribution in [-0.4, -0.2) is 26.2 Å². The zero-order valence-electron chi connectivity index (χ0n) is 16.9. The number of aliphatic hydroxyl groups is 1. The molecule has 1 aromatic carbocycles. The topological polar surface area (TPSA) is 101 Å². The smallest absolute Gasteiger partial charge is 0.165 e. The number of nitrogens with one attached hydrogen (secondary N) is 1. The number of nitrogens with two attached hydrogens (primary N) is 1. The van der Waals surface area contributed by atoms with Crippen LogP contribution in [0.2, 0.25) is 0 Å². The molecule has 2 aromatic heterocycles. The van der Waals surface area contributed by atoms with Gasteiger partial charge in [0.25, 0.3) is 0 Å². The van der Waals surface area contributed by atoms with Crippen molar-refractivity contribution >= 4 is 34.1 Å². The third kappa shape index (κ3) is 5.32. The Morgan fingerprint density at radius 3 is 2.55 bits per heavy atom. The van der Waals surface area contributed by atoms with Gasteiger partial charge in [0, 0.05) is 50.5 Å². The van der Waals surface area contributed by atoms with Gasteiger partial charge in [0.2, 0.25) is 0 Å². The monoisotopic (exact) mass is 616 g/mol. The van der Waals surface area contributed by atoms with Crippen molar-refractivity contribution < 1.29 is 35.0 Å². The second-order valence-corrected chi connectivity index (χ2v) is 7.35. The molecule has 4 rings (SSSR count). The molecule has 0 radical (unpaired) electrons. The van der Waals surface area contributed by atoms with Gasteiger partial charge >= 0.3 is 0 Å². The molecule has 6 nitrogen and oxygen atoms in total. The summed E-state index contributed by atoms with van der Waals surface area (Å²) in [5, 5.41) is 9.96. The number of rotatable bonds is 2.